The molecule has 0 unspecified atom stereocenters. The summed E-state index contributed by atoms with van der Waals surface area (Å²) in [6.45, 7) is 0.143. The zero-order chi connectivity index (χ0) is 14.5. The fourth-order valence-electron chi connectivity index (χ4n) is 1.37. The Hall–Kier alpha value is -1.47. The van der Waals surface area contributed by atoms with Crippen molar-refractivity contribution in [2.24, 2.45) is 0 Å². The lowest BCUT2D eigenvalue weighted by Crippen LogP contribution is -2.10. The first-order chi connectivity index (χ1) is 8.68. The number of pyridine rings is 1. The molecule has 0 aromatic carbocycles. The highest BCUT2D eigenvalue weighted by Crippen LogP contribution is 2.29. The normalized spacial score (nSPS) is 12.5. The number of nitrogens with one attached hydrogen (secondary N) is 1. The van der Waals surface area contributed by atoms with Crippen LogP contribution in [0.4, 0.5) is 32.2 Å². The summed E-state index contributed by atoms with van der Waals surface area (Å²) in [5.41, 5.74) is -0.847. The Balaban J connectivity index is 2.38. The molecule has 0 bridgehead atoms. The van der Waals surface area contributed by atoms with Gasteiger partial charge in [-0.2, -0.15) is 26.3 Å². The van der Waals surface area contributed by atoms with E-state index in [2.05, 4.69) is 10.3 Å². The van der Waals surface area contributed by atoms with Crippen molar-refractivity contribution in [1.29, 1.82) is 0 Å². The molecule has 1 heterocycles. The molecule has 0 saturated carbocycles. The van der Waals surface area contributed by atoms with Crippen molar-refractivity contribution in [3.63, 3.8) is 0 Å². The van der Waals surface area contributed by atoms with Gasteiger partial charge >= 0.3 is 12.4 Å². The van der Waals surface area contributed by atoms with E-state index in [4.69, 9.17) is 0 Å². The van der Waals surface area contributed by atoms with Gasteiger partial charge in [0.05, 0.1) is 5.56 Å². The van der Waals surface area contributed by atoms with E-state index >= 15 is 0 Å². The predicted octanol–water partition coefficient (Wildman–Crippen LogP) is 4.24. The third kappa shape index (κ3) is 6.30. The first-order valence-corrected chi connectivity index (χ1v) is 5.52. The smallest absolute Gasteiger partial charge is 0.370 e. The molecule has 0 aliphatic heterocycles. The first kappa shape index (κ1) is 15.6. The molecule has 0 fully saturated rings. The number of unbranched alkanes of at least 4 members (excludes halogenated alkanes) is 1. The maximum Gasteiger partial charge on any atom is 0.416 e. The first-order valence-electron chi connectivity index (χ1n) is 5.52. The number of hydrogen-bond donors (Lipinski definition) is 1. The monoisotopic (exact) mass is 286 g/mol. The summed E-state index contributed by atoms with van der Waals surface area (Å²) < 4.78 is 72.6. The fraction of sp³-hybridized carbons (Fsp3) is 0.545. The minimum atomic E-state index is -4.46. The lowest BCUT2D eigenvalue weighted by Gasteiger charge is -2.10. The maximum atomic E-state index is 12.4. The van der Waals surface area contributed by atoms with Crippen LogP contribution in [0.1, 0.15) is 24.8 Å². The SMILES string of the molecule is FC(F)(F)CCCCNc1cc(C(F)(F)F)ccn1. The van der Waals surface area contributed by atoms with Crippen LogP contribution in [0.2, 0.25) is 0 Å². The van der Waals surface area contributed by atoms with Gasteiger partial charge in [-0.1, -0.05) is 0 Å². The Bertz CT molecular complexity index is 399. The summed E-state index contributed by atoms with van der Waals surface area (Å²) in [5.74, 6) is 0.00170. The lowest BCUT2D eigenvalue weighted by molar-refractivity contribution is -0.138. The van der Waals surface area contributed by atoms with Gasteiger partial charge in [0, 0.05) is 19.2 Å². The van der Waals surface area contributed by atoms with Crippen molar-refractivity contribution in [1.82, 2.24) is 4.98 Å². The van der Waals surface area contributed by atoms with Crippen molar-refractivity contribution in [2.75, 3.05) is 11.9 Å². The van der Waals surface area contributed by atoms with E-state index in [0.29, 0.717) is 0 Å². The fourth-order valence-corrected chi connectivity index (χ4v) is 1.37. The van der Waals surface area contributed by atoms with Crippen LogP contribution in [-0.2, 0) is 6.18 Å². The van der Waals surface area contributed by atoms with Crippen LogP contribution in [0.3, 0.4) is 0 Å². The molecule has 1 N–H and O–H groups in total. The molecule has 19 heavy (non-hydrogen) atoms. The number of rotatable bonds is 5. The maximum absolute atomic E-state index is 12.4. The Morgan fingerprint density at radius 2 is 1.74 bits per heavy atom. The van der Waals surface area contributed by atoms with Gasteiger partial charge in [0.15, 0.2) is 0 Å². The average molecular weight is 286 g/mol. The molecule has 0 saturated heterocycles. The summed E-state index contributed by atoms with van der Waals surface area (Å²) in [6.07, 6.45) is -8.43. The van der Waals surface area contributed by atoms with Gasteiger partial charge < -0.3 is 5.32 Å². The molecule has 0 atom stereocenters. The molecule has 0 radical (unpaired) electrons. The largest absolute Gasteiger partial charge is 0.416 e. The van der Waals surface area contributed by atoms with Crippen LogP contribution in [0.15, 0.2) is 18.3 Å². The standard InChI is InChI=1S/C11H12F6N2/c12-10(13,14)4-1-2-5-18-9-7-8(3-6-19-9)11(15,16)17/h3,6-7H,1-2,4-5H2,(H,18,19). The summed E-state index contributed by atoms with van der Waals surface area (Å²) in [7, 11) is 0. The number of nitrogens with zero attached hydrogens (tertiary/aromatic N) is 1. The lowest BCUT2D eigenvalue weighted by atomic mass is 10.2. The molecule has 2 nitrogen and oxygen atoms in total. The Morgan fingerprint density at radius 3 is 2.32 bits per heavy atom. The minimum absolute atomic E-state index is 0.00170. The van der Waals surface area contributed by atoms with Crippen LogP contribution in [0.5, 0.6) is 0 Å². The Morgan fingerprint density at radius 1 is 1.05 bits per heavy atom. The molecule has 0 aliphatic rings. The van der Waals surface area contributed by atoms with Gasteiger partial charge in [-0.3, -0.25) is 0 Å². The highest BCUT2D eigenvalue weighted by Gasteiger charge is 2.30. The van der Waals surface area contributed by atoms with E-state index < -0.39 is 24.3 Å². The third-order valence-electron chi connectivity index (χ3n) is 2.28. The molecule has 1 aromatic rings. The molecule has 108 valence electrons. The Kier molecular flexibility index (Phi) is 5.02. The van der Waals surface area contributed by atoms with Crippen LogP contribution in [0, 0.1) is 0 Å². The third-order valence-corrected chi connectivity index (χ3v) is 2.28. The van der Waals surface area contributed by atoms with E-state index in [1.807, 2.05) is 0 Å². The minimum Gasteiger partial charge on any atom is -0.370 e. The second-order valence-corrected chi connectivity index (χ2v) is 3.93. The Labute approximate surface area is 105 Å². The summed E-state index contributed by atoms with van der Waals surface area (Å²) in [5, 5.41) is 2.56. The van der Waals surface area contributed by atoms with Crippen LogP contribution < -0.4 is 5.32 Å². The number of anilines is 1. The van der Waals surface area contributed by atoms with Crippen LogP contribution >= 0.6 is 0 Å². The van der Waals surface area contributed by atoms with Crippen molar-refractivity contribution in [2.45, 2.75) is 31.6 Å². The van der Waals surface area contributed by atoms with Crippen molar-refractivity contribution in [3.8, 4) is 0 Å². The van der Waals surface area contributed by atoms with Crippen LogP contribution in [0.25, 0.3) is 0 Å². The molecular formula is C11H12F6N2. The molecule has 1 aromatic heterocycles. The number of hydrogen-bond acceptors (Lipinski definition) is 2. The van der Waals surface area contributed by atoms with Gasteiger partial charge in [-0.15, -0.1) is 0 Å². The van der Waals surface area contributed by atoms with Gasteiger partial charge in [0.2, 0.25) is 0 Å². The summed E-state index contributed by atoms with van der Waals surface area (Å²) >= 11 is 0. The number of aromatic nitrogens is 1. The van der Waals surface area contributed by atoms with E-state index in [-0.39, 0.29) is 25.2 Å². The number of halogens is 6. The molecular weight excluding hydrogens is 274 g/mol. The highest BCUT2D eigenvalue weighted by molar-refractivity contribution is 5.38. The molecule has 8 heteroatoms. The van der Waals surface area contributed by atoms with Gasteiger partial charge in [-0.25, -0.2) is 4.98 Å². The van der Waals surface area contributed by atoms with Crippen molar-refractivity contribution >= 4 is 5.82 Å². The second-order valence-electron chi connectivity index (χ2n) is 3.93. The zero-order valence-corrected chi connectivity index (χ0v) is 9.78. The molecule has 1 rings (SSSR count). The van der Waals surface area contributed by atoms with E-state index in [1.54, 1.807) is 0 Å². The zero-order valence-electron chi connectivity index (χ0n) is 9.78. The van der Waals surface area contributed by atoms with Gasteiger partial charge in [-0.05, 0) is 25.0 Å². The predicted molar refractivity (Wildman–Crippen MR) is 57.6 cm³/mol. The van der Waals surface area contributed by atoms with Gasteiger partial charge in [0.1, 0.15) is 5.82 Å². The van der Waals surface area contributed by atoms with Crippen molar-refractivity contribution < 1.29 is 26.3 Å². The average Bonchev–Trinajstić information content (AvgIpc) is 2.26. The van der Waals surface area contributed by atoms with E-state index in [0.717, 1.165) is 18.3 Å². The molecule has 0 amide bonds. The quantitative estimate of drug-likeness (QED) is 0.646. The summed E-state index contributed by atoms with van der Waals surface area (Å²) in [6, 6.07) is 1.65. The highest BCUT2D eigenvalue weighted by atomic mass is 19.4. The molecule has 0 spiro atoms. The van der Waals surface area contributed by atoms with E-state index in [9.17, 15) is 26.3 Å². The van der Waals surface area contributed by atoms with Crippen molar-refractivity contribution in [3.05, 3.63) is 23.9 Å². The summed E-state index contributed by atoms with van der Waals surface area (Å²) in [4.78, 5) is 3.67. The number of alkyl halides is 6. The topological polar surface area (TPSA) is 24.9 Å². The second kappa shape index (κ2) is 6.12. The van der Waals surface area contributed by atoms with Crippen LogP contribution in [-0.4, -0.2) is 17.7 Å². The molecule has 0 aliphatic carbocycles. The van der Waals surface area contributed by atoms with Gasteiger partial charge in [0.25, 0.3) is 0 Å². The van der Waals surface area contributed by atoms with E-state index in [1.165, 1.54) is 0 Å².